The molecule has 7 nitrogen and oxygen atoms in total. The molecule has 0 radical (unpaired) electrons. The van der Waals surface area contributed by atoms with Crippen molar-refractivity contribution in [2.24, 2.45) is 0 Å². The van der Waals surface area contributed by atoms with Crippen LogP contribution in [0.25, 0.3) is 0 Å². The maximum absolute atomic E-state index is 12.6. The van der Waals surface area contributed by atoms with Crippen molar-refractivity contribution in [3.05, 3.63) is 40.8 Å². The van der Waals surface area contributed by atoms with Crippen LogP contribution in [0.3, 0.4) is 0 Å². The normalized spacial score (nSPS) is 17.3. The molecule has 3 rings (SSSR count). The van der Waals surface area contributed by atoms with E-state index < -0.39 is 0 Å². The summed E-state index contributed by atoms with van der Waals surface area (Å²) in [6.45, 7) is 6.40. The Hall–Kier alpha value is -2.54. The number of ether oxygens (including phenoxy) is 2. The topological polar surface area (TPSA) is 76.8 Å². The molecule has 2 aromatic rings. The number of aryl methyl sites for hydroxylation is 2. The van der Waals surface area contributed by atoms with E-state index in [0.717, 1.165) is 43.1 Å². The van der Waals surface area contributed by atoms with Gasteiger partial charge in [0.15, 0.2) is 0 Å². The van der Waals surface area contributed by atoms with Crippen LogP contribution in [0.5, 0.6) is 11.5 Å². The molecule has 1 amide bonds. The molecule has 1 fully saturated rings. The van der Waals surface area contributed by atoms with Crippen LogP contribution in [0.1, 0.15) is 33.8 Å². The van der Waals surface area contributed by atoms with Crippen molar-refractivity contribution < 1.29 is 18.8 Å². The highest BCUT2D eigenvalue weighted by Gasteiger charge is 2.26. The molecule has 0 bridgehead atoms. The maximum Gasteiger partial charge on any atom is 0.255 e. The Labute approximate surface area is 153 Å². The van der Waals surface area contributed by atoms with Gasteiger partial charge in [0.25, 0.3) is 5.91 Å². The van der Waals surface area contributed by atoms with Gasteiger partial charge in [0.1, 0.15) is 17.3 Å². The van der Waals surface area contributed by atoms with Crippen LogP contribution in [0, 0.1) is 13.8 Å². The van der Waals surface area contributed by atoms with E-state index in [1.807, 2.05) is 13.8 Å². The molecule has 26 heavy (non-hydrogen) atoms. The second kappa shape index (κ2) is 7.78. The van der Waals surface area contributed by atoms with Crippen molar-refractivity contribution in [2.45, 2.75) is 32.9 Å². The first-order valence-electron chi connectivity index (χ1n) is 8.68. The third-order valence-corrected chi connectivity index (χ3v) is 4.82. The van der Waals surface area contributed by atoms with Crippen LogP contribution in [-0.4, -0.2) is 49.3 Å². The summed E-state index contributed by atoms with van der Waals surface area (Å²) in [5.74, 6) is 1.89. The molecule has 1 atom stereocenters. The van der Waals surface area contributed by atoms with Crippen molar-refractivity contribution in [3.8, 4) is 11.5 Å². The van der Waals surface area contributed by atoms with Crippen molar-refractivity contribution in [3.63, 3.8) is 0 Å². The highest BCUT2D eigenvalue weighted by atomic mass is 16.5. The van der Waals surface area contributed by atoms with E-state index >= 15 is 0 Å². The molecule has 1 aromatic heterocycles. The number of carbonyl (C=O) groups is 1. The monoisotopic (exact) mass is 359 g/mol. The zero-order valence-electron chi connectivity index (χ0n) is 15.7. The molecule has 1 saturated heterocycles. The third-order valence-electron chi connectivity index (χ3n) is 4.82. The Morgan fingerprint density at radius 2 is 2.15 bits per heavy atom. The first kappa shape index (κ1) is 18.3. The summed E-state index contributed by atoms with van der Waals surface area (Å²) in [5, 5.41) is 7.11. The largest absolute Gasteiger partial charge is 0.497 e. The van der Waals surface area contributed by atoms with Crippen molar-refractivity contribution >= 4 is 5.91 Å². The van der Waals surface area contributed by atoms with E-state index in [1.54, 1.807) is 32.4 Å². The summed E-state index contributed by atoms with van der Waals surface area (Å²) in [6, 6.07) is 5.31. The summed E-state index contributed by atoms with van der Waals surface area (Å²) in [7, 11) is 3.13. The number of nitrogens with zero attached hydrogens (tertiary/aromatic N) is 2. The van der Waals surface area contributed by atoms with E-state index in [2.05, 4.69) is 15.4 Å². The fourth-order valence-corrected chi connectivity index (χ4v) is 3.29. The van der Waals surface area contributed by atoms with Crippen LogP contribution < -0.4 is 14.8 Å². The van der Waals surface area contributed by atoms with Gasteiger partial charge in [-0.2, -0.15) is 0 Å². The highest BCUT2D eigenvalue weighted by molar-refractivity contribution is 5.97. The number of benzene rings is 1. The van der Waals surface area contributed by atoms with Gasteiger partial charge in [-0.3, -0.25) is 9.69 Å². The number of carbonyl (C=O) groups excluding carboxylic acids is 1. The Kier molecular flexibility index (Phi) is 5.46. The Balaban J connectivity index is 1.61. The fraction of sp³-hybridized carbons (Fsp3) is 0.474. The average molecular weight is 359 g/mol. The highest BCUT2D eigenvalue weighted by Crippen LogP contribution is 2.25. The van der Waals surface area contributed by atoms with Crippen LogP contribution in [-0.2, 0) is 6.54 Å². The summed E-state index contributed by atoms with van der Waals surface area (Å²) in [5.41, 5.74) is 2.57. The lowest BCUT2D eigenvalue weighted by molar-refractivity contribution is 0.0934. The number of hydrogen-bond acceptors (Lipinski definition) is 6. The zero-order valence-corrected chi connectivity index (χ0v) is 15.7. The first-order chi connectivity index (χ1) is 12.5. The quantitative estimate of drug-likeness (QED) is 0.853. The Morgan fingerprint density at radius 3 is 2.81 bits per heavy atom. The molecule has 1 aliphatic rings. The zero-order chi connectivity index (χ0) is 18.7. The minimum Gasteiger partial charge on any atom is -0.497 e. The van der Waals surface area contributed by atoms with Crippen molar-refractivity contribution in [1.82, 2.24) is 15.4 Å². The molecule has 1 aromatic carbocycles. The lowest BCUT2D eigenvalue weighted by atomic mass is 10.1. The van der Waals surface area contributed by atoms with Crippen LogP contribution >= 0.6 is 0 Å². The number of methoxy groups -OCH3 is 2. The van der Waals surface area contributed by atoms with Gasteiger partial charge in [0.05, 0.1) is 25.5 Å². The first-order valence-corrected chi connectivity index (χ1v) is 8.68. The van der Waals surface area contributed by atoms with E-state index in [4.69, 9.17) is 14.0 Å². The third kappa shape index (κ3) is 3.83. The molecule has 1 aliphatic heterocycles. The molecule has 7 heteroatoms. The van der Waals surface area contributed by atoms with Gasteiger partial charge in [0.2, 0.25) is 0 Å². The van der Waals surface area contributed by atoms with Crippen molar-refractivity contribution in [1.29, 1.82) is 0 Å². The van der Waals surface area contributed by atoms with Crippen molar-refractivity contribution in [2.75, 3.05) is 27.3 Å². The van der Waals surface area contributed by atoms with Gasteiger partial charge in [-0.15, -0.1) is 0 Å². The van der Waals surface area contributed by atoms with Gasteiger partial charge < -0.3 is 19.3 Å². The number of likely N-dealkylation sites (tertiary alicyclic amines) is 1. The summed E-state index contributed by atoms with van der Waals surface area (Å²) >= 11 is 0. The van der Waals surface area contributed by atoms with E-state index in [0.29, 0.717) is 17.1 Å². The number of hydrogen-bond donors (Lipinski definition) is 1. The molecule has 0 spiro atoms. The van der Waals surface area contributed by atoms with Gasteiger partial charge in [-0.05, 0) is 32.4 Å². The molecule has 1 unspecified atom stereocenters. The van der Waals surface area contributed by atoms with Gasteiger partial charge >= 0.3 is 0 Å². The SMILES string of the molecule is COc1ccc(C(=O)NC2CCN(Cc3c(C)noc3C)C2)c(OC)c1. The minimum atomic E-state index is -0.131. The van der Waals surface area contributed by atoms with Gasteiger partial charge in [-0.25, -0.2) is 0 Å². The standard InChI is InChI=1S/C19H25N3O4/c1-12-17(13(2)26-21-12)11-22-8-7-14(10-22)20-19(23)16-6-5-15(24-3)9-18(16)25-4/h5-6,9,14H,7-8,10-11H2,1-4H3,(H,20,23). The molecule has 140 valence electrons. The smallest absolute Gasteiger partial charge is 0.255 e. The summed E-state index contributed by atoms with van der Waals surface area (Å²) in [4.78, 5) is 14.9. The maximum atomic E-state index is 12.6. The predicted octanol–water partition coefficient (Wildman–Crippen LogP) is 2.31. The number of nitrogens with one attached hydrogen (secondary N) is 1. The predicted molar refractivity (Wildman–Crippen MR) is 96.7 cm³/mol. The molecule has 2 heterocycles. The molecule has 0 aliphatic carbocycles. The second-order valence-corrected chi connectivity index (χ2v) is 6.56. The molecule has 0 saturated carbocycles. The number of rotatable bonds is 6. The van der Waals surface area contributed by atoms with E-state index in [9.17, 15) is 4.79 Å². The van der Waals surface area contributed by atoms with Gasteiger partial charge in [-0.1, -0.05) is 5.16 Å². The lowest BCUT2D eigenvalue weighted by Gasteiger charge is -2.17. The lowest BCUT2D eigenvalue weighted by Crippen LogP contribution is -2.37. The Morgan fingerprint density at radius 1 is 1.35 bits per heavy atom. The van der Waals surface area contributed by atoms with E-state index in [-0.39, 0.29) is 11.9 Å². The molecular weight excluding hydrogens is 334 g/mol. The van der Waals surface area contributed by atoms with Gasteiger partial charge in [0, 0.05) is 37.3 Å². The number of aromatic nitrogens is 1. The molecular formula is C19H25N3O4. The summed E-state index contributed by atoms with van der Waals surface area (Å²) < 4.78 is 15.7. The second-order valence-electron chi connectivity index (χ2n) is 6.56. The van der Waals surface area contributed by atoms with Crippen LogP contribution in [0.4, 0.5) is 0 Å². The van der Waals surface area contributed by atoms with Crippen LogP contribution in [0.2, 0.25) is 0 Å². The minimum absolute atomic E-state index is 0.106. The average Bonchev–Trinajstić information content (AvgIpc) is 3.22. The molecule has 1 N–H and O–H groups in total. The number of amides is 1. The summed E-state index contributed by atoms with van der Waals surface area (Å²) in [6.07, 6.45) is 0.910. The fourth-order valence-electron chi connectivity index (χ4n) is 3.29. The van der Waals surface area contributed by atoms with E-state index in [1.165, 1.54) is 0 Å². The van der Waals surface area contributed by atoms with Crippen LogP contribution in [0.15, 0.2) is 22.7 Å². The Bertz CT molecular complexity index is 768.